The molecule has 0 bridgehead atoms. The molecule has 0 spiro atoms. The van der Waals surface area contributed by atoms with E-state index in [9.17, 15) is 18.0 Å². The van der Waals surface area contributed by atoms with E-state index in [0.29, 0.717) is 28.5 Å². The molecule has 0 aliphatic rings. The van der Waals surface area contributed by atoms with Crippen molar-refractivity contribution in [2.24, 2.45) is 0 Å². The van der Waals surface area contributed by atoms with Crippen LogP contribution in [0, 0.1) is 0 Å². The van der Waals surface area contributed by atoms with E-state index >= 15 is 0 Å². The molecule has 34 heavy (non-hydrogen) atoms. The molecule has 0 unspecified atom stereocenters. The number of anilines is 1. The largest absolute Gasteiger partial charge is 0.491 e. The highest BCUT2D eigenvalue weighted by Crippen LogP contribution is 2.30. The molecular formula is C23H21F3N6O2. The minimum Gasteiger partial charge on any atom is -0.491 e. The second-order valence-corrected chi connectivity index (χ2v) is 7.69. The van der Waals surface area contributed by atoms with E-state index in [1.54, 1.807) is 48.2 Å². The molecule has 0 aliphatic heterocycles. The van der Waals surface area contributed by atoms with Crippen LogP contribution in [0.25, 0.3) is 28.3 Å². The van der Waals surface area contributed by atoms with Gasteiger partial charge in [0.15, 0.2) is 5.82 Å². The number of carbonyl (C=O) groups excluding carboxylic acids is 1. The second-order valence-electron chi connectivity index (χ2n) is 7.69. The second kappa shape index (κ2) is 9.38. The first-order valence-electron chi connectivity index (χ1n) is 10.4. The predicted molar refractivity (Wildman–Crippen MR) is 120 cm³/mol. The third-order valence-electron chi connectivity index (χ3n) is 4.62. The summed E-state index contributed by atoms with van der Waals surface area (Å²) in [4.78, 5) is 24.9. The van der Waals surface area contributed by atoms with Crippen molar-refractivity contribution in [1.82, 2.24) is 24.7 Å². The van der Waals surface area contributed by atoms with Crippen molar-refractivity contribution < 1.29 is 22.7 Å². The van der Waals surface area contributed by atoms with Gasteiger partial charge in [-0.15, -0.1) is 0 Å². The first-order chi connectivity index (χ1) is 16.2. The molecule has 0 saturated heterocycles. The van der Waals surface area contributed by atoms with Gasteiger partial charge in [0.05, 0.1) is 18.0 Å². The van der Waals surface area contributed by atoms with Crippen LogP contribution in [0.3, 0.4) is 0 Å². The van der Waals surface area contributed by atoms with Gasteiger partial charge in [-0.1, -0.05) is 0 Å². The maximum absolute atomic E-state index is 12.4. The lowest BCUT2D eigenvalue weighted by atomic mass is 10.1. The third kappa shape index (κ3) is 5.61. The molecule has 0 aliphatic carbocycles. The Bertz CT molecular complexity index is 1310. The van der Waals surface area contributed by atoms with E-state index in [4.69, 9.17) is 4.74 Å². The summed E-state index contributed by atoms with van der Waals surface area (Å²) < 4.78 is 44.9. The van der Waals surface area contributed by atoms with E-state index in [0.717, 1.165) is 5.56 Å². The summed E-state index contributed by atoms with van der Waals surface area (Å²) in [5.41, 5.74) is 3.07. The van der Waals surface area contributed by atoms with Crippen LogP contribution in [-0.2, 0) is 0 Å². The molecule has 0 saturated carbocycles. The molecule has 3 aromatic heterocycles. The fraction of sp³-hybridized carbons (Fsp3) is 0.217. The van der Waals surface area contributed by atoms with Crippen molar-refractivity contribution in [2.45, 2.75) is 26.1 Å². The molecule has 8 nitrogen and oxygen atoms in total. The Kier molecular flexibility index (Phi) is 6.35. The van der Waals surface area contributed by atoms with Crippen molar-refractivity contribution in [1.29, 1.82) is 0 Å². The summed E-state index contributed by atoms with van der Waals surface area (Å²) in [7, 11) is 0. The van der Waals surface area contributed by atoms with Crippen LogP contribution < -0.4 is 15.4 Å². The minimum absolute atomic E-state index is 0.155. The molecule has 2 amide bonds. The number of nitrogens with one attached hydrogen (secondary N) is 2. The molecule has 3 heterocycles. The number of pyridine rings is 1. The number of rotatable bonds is 6. The van der Waals surface area contributed by atoms with Crippen LogP contribution in [0.2, 0.25) is 0 Å². The molecule has 2 N–H and O–H groups in total. The molecule has 0 radical (unpaired) electrons. The SMILES string of the molecule is CC(C)Oc1cc(NC(=O)NCC(F)(F)F)cc(-c2cnc3cc(-c4ncccn4)ccn23)c1. The Morgan fingerprint density at radius 2 is 1.85 bits per heavy atom. The molecule has 0 fully saturated rings. The number of hydrogen-bond acceptors (Lipinski definition) is 5. The van der Waals surface area contributed by atoms with Gasteiger partial charge in [0.25, 0.3) is 0 Å². The summed E-state index contributed by atoms with van der Waals surface area (Å²) in [5.74, 6) is 1.01. The monoisotopic (exact) mass is 470 g/mol. The highest BCUT2D eigenvalue weighted by atomic mass is 19.4. The fourth-order valence-corrected chi connectivity index (χ4v) is 3.30. The van der Waals surface area contributed by atoms with Crippen LogP contribution in [0.5, 0.6) is 5.75 Å². The van der Waals surface area contributed by atoms with Crippen molar-refractivity contribution in [3.8, 4) is 28.4 Å². The van der Waals surface area contributed by atoms with Crippen LogP contribution in [-0.4, -0.2) is 44.2 Å². The topological polar surface area (TPSA) is 93.4 Å². The maximum atomic E-state index is 12.4. The number of urea groups is 1. The smallest absolute Gasteiger partial charge is 0.405 e. The van der Waals surface area contributed by atoms with E-state index in [-0.39, 0.29) is 11.8 Å². The average Bonchev–Trinajstić information content (AvgIpc) is 3.20. The molecule has 11 heteroatoms. The first kappa shape index (κ1) is 23.0. The average molecular weight is 470 g/mol. The normalized spacial score (nSPS) is 11.6. The Morgan fingerprint density at radius 3 is 2.56 bits per heavy atom. The lowest BCUT2D eigenvalue weighted by molar-refractivity contribution is -0.122. The number of ether oxygens (including phenoxy) is 1. The lowest BCUT2D eigenvalue weighted by Crippen LogP contribution is -2.36. The highest BCUT2D eigenvalue weighted by molar-refractivity contribution is 5.90. The molecule has 176 valence electrons. The van der Waals surface area contributed by atoms with Crippen molar-refractivity contribution >= 4 is 17.4 Å². The Morgan fingerprint density at radius 1 is 1.09 bits per heavy atom. The van der Waals surface area contributed by atoms with Gasteiger partial charge in [0.2, 0.25) is 0 Å². The Hall–Kier alpha value is -4.15. The number of halogens is 3. The highest BCUT2D eigenvalue weighted by Gasteiger charge is 2.27. The van der Waals surface area contributed by atoms with Crippen LogP contribution in [0.15, 0.2) is 61.2 Å². The number of nitrogens with zero attached hydrogens (tertiary/aromatic N) is 4. The van der Waals surface area contributed by atoms with E-state index in [1.165, 1.54) is 0 Å². The first-order valence-corrected chi connectivity index (χ1v) is 10.4. The van der Waals surface area contributed by atoms with Gasteiger partial charge in [-0.2, -0.15) is 13.2 Å². The number of alkyl halides is 3. The van der Waals surface area contributed by atoms with Gasteiger partial charge in [-0.05, 0) is 44.2 Å². The lowest BCUT2D eigenvalue weighted by Gasteiger charge is -2.15. The number of imidazole rings is 1. The third-order valence-corrected chi connectivity index (χ3v) is 4.62. The number of benzene rings is 1. The predicted octanol–water partition coefficient (Wildman–Crippen LogP) is 4.93. The van der Waals surface area contributed by atoms with Crippen molar-refractivity contribution in [2.75, 3.05) is 11.9 Å². The summed E-state index contributed by atoms with van der Waals surface area (Å²) in [6, 6.07) is 9.41. The van der Waals surface area contributed by atoms with E-state index in [2.05, 4.69) is 20.3 Å². The molecule has 0 atom stereocenters. The van der Waals surface area contributed by atoms with Gasteiger partial charge in [-0.3, -0.25) is 4.40 Å². The number of hydrogen-bond donors (Lipinski definition) is 2. The summed E-state index contributed by atoms with van der Waals surface area (Å²) >= 11 is 0. The number of amides is 2. The van der Waals surface area contributed by atoms with Crippen LogP contribution in [0.1, 0.15) is 13.8 Å². The summed E-state index contributed by atoms with van der Waals surface area (Å²) in [5, 5.41) is 4.22. The number of fused-ring (bicyclic) bond motifs is 1. The number of carbonyl (C=O) groups is 1. The summed E-state index contributed by atoms with van der Waals surface area (Å²) in [6.45, 7) is 2.25. The van der Waals surface area contributed by atoms with Gasteiger partial charge in [-0.25, -0.2) is 19.7 Å². The van der Waals surface area contributed by atoms with Crippen molar-refractivity contribution in [3.05, 3.63) is 61.2 Å². The fourth-order valence-electron chi connectivity index (χ4n) is 3.30. The molecule has 4 rings (SSSR count). The summed E-state index contributed by atoms with van der Waals surface area (Å²) in [6.07, 6.45) is 2.13. The number of aromatic nitrogens is 4. The molecule has 4 aromatic rings. The van der Waals surface area contributed by atoms with Gasteiger partial charge in [0.1, 0.15) is 17.9 Å². The van der Waals surface area contributed by atoms with Gasteiger partial charge < -0.3 is 15.4 Å². The van der Waals surface area contributed by atoms with E-state index < -0.39 is 18.8 Å². The Labute approximate surface area is 192 Å². The standard InChI is InChI=1S/C23H21F3N6O2/c1-14(2)34-18-9-16(8-17(11-18)31-22(33)30-13-23(24,25)26)19-12-29-20-10-15(4-7-32(19)20)21-27-5-3-6-28-21/h3-12,14H,13H2,1-2H3,(H2,30,31,33). The zero-order valence-corrected chi connectivity index (χ0v) is 18.3. The van der Waals surface area contributed by atoms with Gasteiger partial charge in [0, 0.05) is 41.5 Å². The quantitative estimate of drug-likeness (QED) is 0.417. The van der Waals surface area contributed by atoms with E-state index in [1.807, 2.05) is 36.6 Å². The minimum atomic E-state index is -4.51. The van der Waals surface area contributed by atoms with Crippen LogP contribution in [0.4, 0.5) is 23.7 Å². The van der Waals surface area contributed by atoms with Gasteiger partial charge >= 0.3 is 12.2 Å². The van der Waals surface area contributed by atoms with Crippen LogP contribution >= 0.6 is 0 Å². The molecular weight excluding hydrogens is 449 g/mol. The zero-order valence-electron chi connectivity index (χ0n) is 18.3. The molecule has 1 aromatic carbocycles. The zero-order chi connectivity index (χ0) is 24.3. The Balaban J connectivity index is 1.67. The van der Waals surface area contributed by atoms with Crippen molar-refractivity contribution in [3.63, 3.8) is 0 Å². The maximum Gasteiger partial charge on any atom is 0.405 e.